The highest BCUT2D eigenvalue weighted by Gasteiger charge is 2.16. The molecule has 0 radical (unpaired) electrons. The summed E-state index contributed by atoms with van der Waals surface area (Å²) in [5.41, 5.74) is 0.229. The zero-order valence-electron chi connectivity index (χ0n) is 7.60. The second-order valence-corrected chi connectivity index (χ2v) is 2.70. The number of nitrogens with zero attached hydrogens (tertiary/aromatic N) is 3. The molecule has 1 aromatic rings. The molecule has 0 aliphatic rings. The van der Waals surface area contributed by atoms with Gasteiger partial charge in [0.2, 0.25) is 0 Å². The third-order valence-corrected chi connectivity index (χ3v) is 1.62. The number of ether oxygens (including phenoxy) is 1. The van der Waals surface area contributed by atoms with E-state index < -0.39 is 19.1 Å². The van der Waals surface area contributed by atoms with Crippen molar-refractivity contribution in [2.45, 2.75) is 19.1 Å². The van der Waals surface area contributed by atoms with Gasteiger partial charge >= 0.3 is 0 Å². The van der Waals surface area contributed by atoms with Gasteiger partial charge in [-0.25, -0.2) is 13.5 Å². The predicted octanol–water partition coefficient (Wildman–Crippen LogP) is 0.223. The lowest BCUT2D eigenvalue weighted by molar-refractivity contribution is 0.0539. The number of alkyl halides is 2. The van der Waals surface area contributed by atoms with Gasteiger partial charge in [0.25, 0.3) is 6.43 Å². The van der Waals surface area contributed by atoms with E-state index in [0.29, 0.717) is 0 Å². The summed E-state index contributed by atoms with van der Waals surface area (Å²) in [6, 6.07) is 0. The molecule has 80 valence electrons. The number of methoxy groups -OCH3 is 1. The van der Waals surface area contributed by atoms with Crippen molar-refractivity contribution in [1.82, 2.24) is 15.0 Å². The average molecular weight is 207 g/mol. The van der Waals surface area contributed by atoms with Gasteiger partial charge in [-0.15, -0.1) is 5.10 Å². The lowest BCUT2D eigenvalue weighted by Gasteiger charge is -2.10. The lowest BCUT2D eigenvalue weighted by Crippen LogP contribution is -2.16. The van der Waals surface area contributed by atoms with E-state index in [-0.39, 0.29) is 12.3 Å². The van der Waals surface area contributed by atoms with Gasteiger partial charge in [-0.2, -0.15) is 0 Å². The monoisotopic (exact) mass is 207 g/mol. The number of aliphatic hydroxyl groups excluding tert-OH is 1. The van der Waals surface area contributed by atoms with Crippen LogP contribution in [0.4, 0.5) is 8.78 Å². The average Bonchev–Trinajstić information content (AvgIpc) is 2.51. The summed E-state index contributed by atoms with van der Waals surface area (Å²) < 4.78 is 29.7. The first-order valence-electron chi connectivity index (χ1n) is 3.98. The summed E-state index contributed by atoms with van der Waals surface area (Å²) in [5.74, 6) is 0. The quantitative estimate of drug-likeness (QED) is 0.750. The Morgan fingerprint density at radius 3 is 2.93 bits per heavy atom. The Kier molecular flexibility index (Phi) is 3.90. The number of halogens is 2. The van der Waals surface area contributed by atoms with E-state index in [4.69, 9.17) is 0 Å². The molecule has 1 N–H and O–H groups in total. The second kappa shape index (κ2) is 4.97. The van der Waals surface area contributed by atoms with Gasteiger partial charge in [-0.1, -0.05) is 5.21 Å². The maximum atomic E-state index is 12.0. The highest BCUT2D eigenvalue weighted by atomic mass is 19.3. The van der Waals surface area contributed by atoms with Crippen LogP contribution in [-0.2, 0) is 11.3 Å². The molecule has 5 nitrogen and oxygen atoms in total. The van der Waals surface area contributed by atoms with Crippen molar-refractivity contribution in [2.24, 2.45) is 0 Å². The van der Waals surface area contributed by atoms with Crippen LogP contribution in [0.15, 0.2) is 6.20 Å². The third-order valence-electron chi connectivity index (χ3n) is 1.62. The molecule has 0 aromatic carbocycles. The van der Waals surface area contributed by atoms with Crippen LogP contribution in [0.5, 0.6) is 0 Å². The van der Waals surface area contributed by atoms with Gasteiger partial charge in [0.05, 0.1) is 18.5 Å². The minimum atomic E-state index is -2.52. The van der Waals surface area contributed by atoms with E-state index in [1.807, 2.05) is 0 Å². The molecule has 0 aliphatic carbocycles. The summed E-state index contributed by atoms with van der Waals surface area (Å²) in [6.07, 6.45) is -2.26. The van der Waals surface area contributed by atoms with E-state index in [2.05, 4.69) is 15.0 Å². The summed E-state index contributed by atoms with van der Waals surface area (Å²) >= 11 is 0. The molecule has 1 aromatic heterocycles. The van der Waals surface area contributed by atoms with Gasteiger partial charge in [-0.3, -0.25) is 0 Å². The molecular weight excluding hydrogens is 196 g/mol. The van der Waals surface area contributed by atoms with Crippen LogP contribution in [0.25, 0.3) is 0 Å². The third kappa shape index (κ3) is 2.71. The predicted molar refractivity (Wildman–Crippen MR) is 42.9 cm³/mol. The molecule has 0 spiro atoms. The Morgan fingerprint density at radius 1 is 1.64 bits per heavy atom. The molecule has 1 heterocycles. The highest BCUT2D eigenvalue weighted by Crippen LogP contribution is 2.12. The topological polar surface area (TPSA) is 60.2 Å². The van der Waals surface area contributed by atoms with Crippen molar-refractivity contribution in [3.05, 3.63) is 11.9 Å². The molecule has 0 unspecified atom stereocenters. The Morgan fingerprint density at radius 2 is 2.36 bits per heavy atom. The SMILES string of the molecule is COC[C@H](O)c1cnnn1CC(F)F. The fraction of sp³-hybridized carbons (Fsp3) is 0.714. The largest absolute Gasteiger partial charge is 0.384 e. The highest BCUT2D eigenvalue weighted by molar-refractivity contribution is 4.98. The fourth-order valence-electron chi connectivity index (χ4n) is 1.04. The van der Waals surface area contributed by atoms with Gasteiger partial charge in [0, 0.05) is 7.11 Å². The first-order chi connectivity index (χ1) is 6.65. The molecule has 0 aliphatic heterocycles. The van der Waals surface area contributed by atoms with E-state index in [9.17, 15) is 13.9 Å². The van der Waals surface area contributed by atoms with Crippen LogP contribution < -0.4 is 0 Å². The molecule has 7 heteroatoms. The Balaban J connectivity index is 2.70. The van der Waals surface area contributed by atoms with E-state index in [1.54, 1.807) is 0 Å². The van der Waals surface area contributed by atoms with Crippen molar-refractivity contribution in [3.8, 4) is 0 Å². The minimum Gasteiger partial charge on any atom is -0.384 e. The summed E-state index contributed by atoms with van der Waals surface area (Å²) in [6.45, 7) is -0.549. The van der Waals surface area contributed by atoms with Crippen LogP contribution in [0.3, 0.4) is 0 Å². The standard InChI is InChI=1S/C7H11F2N3O2/c1-14-4-6(13)5-2-10-11-12(5)3-7(8)9/h2,6-7,13H,3-4H2,1H3/t6-/m0/s1. The Hall–Kier alpha value is -1.08. The van der Waals surface area contributed by atoms with Crippen LogP contribution in [0.1, 0.15) is 11.8 Å². The summed E-state index contributed by atoms with van der Waals surface area (Å²) in [7, 11) is 1.41. The maximum absolute atomic E-state index is 12.0. The second-order valence-electron chi connectivity index (χ2n) is 2.70. The molecule has 0 saturated carbocycles. The normalized spacial score (nSPS) is 13.5. The molecule has 0 amide bonds. The van der Waals surface area contributed by atoms with Gasteiger partial charge in [0.1, 0.15) is 12.6 Å². The van der Waals surface area contributed by atoms with Gasteiger partial charge in [0.15, 0.2) is 0 Å². The molecule has 1 atom stereocenters. The smallest absolute Gasteiger partial charge is 0.257 e. The van der Waals surface area contributed by atoms with Gasteiger partial charge in [-0.05, 0) is 0 Å². The molecule has 0 saturated heterocycles. The fourth-order valence-corrected chi connectivity index (χ4v) is 1.04. The van der Waals surface area contributed by atoms with Crippen molar-refractivity contribution >= 4 is 0 Å². The lowest BCUT2D eigenvalue weighted by atomic mass is 10.3. The van der Waals surface area contributed by atoms with Crippen LogP contribution >= 0.6 is 0 Å². The summed E-state index contributed by atoms with van der Waals surface area (Å²) in [4.78, 5) is 0. The molecular formula is C7H11F2N3O2. The molecule has 14 heavy (non-hydrogen) atoms. The Labute approximate surface area is 79.3 Å². The van der Waals surface area contributed by atoms with Crippen molar-refractivity contribution in [1.29, 1.82) is 0 Å². The Bertz CT molecular complexity index is 280. The zero-order chi connectivity index (χ0) is 10.6. The first-order valence-corrected chi connectivity index (χ1v) is 3.98. The number of hydrogen-bond donors (Lipinski definition) is 1. The van der Waals surface area contributed by atoms with Crippen molar-refractivity contribution in [2.75, 3.05) is 13.7 Å². The number of aromatic nitrogens is 3. The number of aliphatic hydroxyl groups is 1. The van der Waals surface area contributed by atoms with Crippen LogP contribution in [0.2, 0.25) is 0 Å². The van der Waals surface area contributed by atoms with E-state index in [0.717, 1.165) is 4.68 Å². The summed E-state index contributed by atoms with van der Waals surface area (Å²) in [5, 5.41) is 16.3. The molecule has 0 bridgehead atoms. The maximum Gasteiger partial charge on any atom is 0.257 e. The van der Waals surface area contributed by atoms with E-state index in [1.165, 1.54) is 13.3 Å². The van der Waals surface area contributed by atoms with Gasteiger partial charge < -0.3 is 9.84 Å². The molecule has 0 fully saturated rings. The van der Waals surface area contributed by atoms with Crippen molar-refractivity contribution < 1.29 is 18.6 Å². The molecule has 1 rings (SSSR count). The number of rotatable bonds is 5. The number of hydrogen-bond acceptors (Lipinski definition) is 4. The zero-order valence-corrected chi connectivity index (χ0v) is 7.60. The van der Waals surface area contributed by atoms with Crippen LogP contribution in [-0.4, -0.2) is 40.2 Å². The van der Waals surface area contributed by atoms with E-state index >= 15 is 0 Å². The minimum absolute atomic E-state index is 0.0244. The first kappa shape index (κ1) is 11.0. The van der Waals surface area contributed by atoms with Crippen molar-refractivity contribution in [3.63, 3.8) is 0 Å². The van der Waals surface area contributed by atoms with Crippen LogP contribution in [0, 0.1) is 0 Å².